The summed E-state index contributed by atoms with van der Waals surface area (Å²) in [5, 5.41) is 2.96. The van der Waals surface area contributed by atoms with Gasteiger partial charge in [0.1, 0.15) is 0 Å². The van der Waals surface area contributed by atoms with Crippen LogP contribution >= 0.6 is 0 Å². The van der Waals surface area contributed by atoms with E-state index in [1.807, 2.05) is 33.0 Å². The number of carbonyl (C=O) groups excluding carboxylic acids is 2. The van der Waals surface area contributed by atoms with Gasteiger partial charge in [-0.25, -0.2) is 0 Å². The fourth-order valence-electron chi connectivity index (χ4n) is 2.95. The van der Waals surface area contributed by atoms with Crippen LogP contribution in [0.2, 0.25) is 0 Å². The minimum absolute atomic E-state index is 0.123. The van der Waals surface area contributed by atoms with E-state index < -0.39 is 5.41 Å². The van der Waals surface area contributed by atoms with Crippen LogP contribution in [0.4, 0.5) is 5.69 Å². The molecule has 0 radical (unpaired) electrons. The highest BCUT2D eigenvalue weighted by molar-refractivity contribution is 6.07. The number of nitrogens with one attached hydrogen (secondary N) is 1. The molecular formula is C18H26N2O2. The van der Waals surface area contributed by atoms with Gasteiger partial charge in [0.2, 0.25) is 11.8 Å². The summed E-state index contributed by atoms with van der Waals surface area (Å²) >= 11 is 0. The van der Waals surface area contributed by atoms with Crippen molar-refractivity contribution in [2.24, 2.45) is 0 Å². The van der Waals surface area contributed by atoms with E-state index in [1.165, 1.54) is 0 Å². The van der Waals surface area contributed by atoms with E-state index in [0.29, 0.717) is 13.0 Å². The lowest BCUT2D eigenvalue weighted by Gasteiger charge is -2.16. The van der Waals surface area contributed by atoms with Gasteiger partial charge in [-0.05, 0) is 43.9 Å². The second kappa shape index (κ2) is 6.51. The van der Waals surface area contributed by atoms with E-state index in [2.05, 4.69) is 18.3 Å². The molecule has 1 aliphatic rings. The van der Waals surface area contributed by atoms with Crippen molar-refractivity contribution in [1.29, 1.82) is 0 Å². The average molecular weight is 302 g/mol. The van der Waals surface area contributed by atoms with Crippen LogP contribution < -0.4 is 10.2 Å². The number of anilines is 1. The van der Waals surface area contributed by atoms with E-state index in [1.54, 1.807) is 4.90 Å². The van der Waals surface area contributed by atoms with Gasteiger partial charge in [-0.1, -0.05) is 25.5 Å². The Balaban J connectivity index is 2.00. The Hall–Kier alpha value is -1.84. The van der Waals surface area contributed by atoms with Crippen molar-refractivity contribution in [3.8, 4) is 0 Å². The van der Waals surface area contributed by atoms with E-state index >= 15 is 0 Å². The highest BCUT2D eigenvalue weighted by atomic mass is 16.2. The van der Waals surface area contributed by atoms with Gasteiger partial charge in [-0.3, -0.25) is 9.59 Å². The van der Waals surface area contributed by atoms with Crippen LogP contribution in [0.1, 0.15) is 51.2 Å². The zero-order chi connectivity index (χ0) is 16.3. The molecule has 1 aromatic carbocycles. The van der Waals surface area contributed by atoms with E-state index in [4.69, 9.17) is 0 Å². The predicted octanol–water partition coefficient (Wildman–Crippen LogP) is 2.79. The molecular weight excluding hydrogens is 276 g/mol. The van der Waals surface area contributed by atoms with Crippen LogP contribution in [0.15, 0.2) is 18.2 Å². The van der Waals surface area contributed by atoms with E-state index in [0.717, 1.165) is 36.1 Å². The lowest BCUT2D eigenvalue weighted by molar-refractivity contribution is -0.122. The largest absolute Gasteiger partial charge is 0.356 e. The van der Waals surface area contributed by atoms with Gasteiger partial charge in [0.05, 0.1) is 5.41 Å². The van der Waals surface area contributed by atoms with Gasteiger partial charge in [0.25, 0.3) is 0 Å². The Bertz CT molecular complexity index is 578. The second-order valence-electron chi connectivity index (χ2n) is 6.54. The molecule has 0 aliphatic carbocycles. The van der Waals surface area contributed by atoms with Crippen LogP contribution in [0.25, 0.3) is 0 Å². The molecule has 0 bridgehead atoms. The quantitative estimate of drug-likeness (QED) is 0.878. The maximum Gasteiger partial charge on any atom is 0.236 e. The van der Waals surface area contributed by atoms with Crippen LogP contribution in [0, 0.1) is 0 Å². The number of likely N-dealkylation sites (N-methyl/N-ethyl adjacent to an activating group) is 1. The summed E-state index contributed by atoms with van der Waals surface area (Å²) in [5.74, 6) is 0.255. The maximum atomic E-state index is 12.3. The van der Waals surface area contributed by atoms with Crippen LogP contribution in [0.5, 0.6) is 0 Å². The Morgan fingerprint density at radius 1 is 1.32 bits per heavy atom. The Kier molecular flexibility index (Phi) is 4.89. The van der Waals surface area contributed by atoms with Crippen molar-refractivity contribution < 1.29 is 9.59 Å². The number of fused-ring (bicyclic) bond motifs is 1. The zero-order valence-electron chi connectivity index (χ0n) is 14.0. The third-order valence-electron chi connectivity index (χ3n) is 4.43. The molecule has 1 N–H and O–H groups in total. The number of nitrogens with zero attached hydrogens (tertiary/aromatic N) is 1. The summed E-state index contributed by atoms with van der Waals surface area (Å²) in [6, 6.07) is 6.16. The number of hydrogen-bond acceptors (Lipinski definition) is 2. The molecule has 1 heterocycles. The lowest BCUT2D eigenvalue weighted by atomic mass is 9.85. The molecule has 0 saturated heterocycles. The molecule has 2 rings (SSSR count). The van der Waals surface area contributed by atoms with Crippen molar-refractivity contribution in [2.45, 2.75) is 51.9 Å². The van der Waals surface area contributed by atoms with Gasteiger partial charge in [-0.15, -0.1) is 0 Å². The number of amides is 2. The van der Waals surface area contributed by atoms with Crippen molar-refractivity contribution in [2.75, 3.05) is 18.5 Å². The molecule has 0 aromatic heterocycles. The summed E-state index contributed by atoms with van der Waals surface area (Å²) in [7, 11) is 1.82. The summed E-state index contributed by atoms with van der Waals surface area (Å²) < 4.78 is 0. The minimum atomic E-state index is -0.468. The Labute approximate surface area is 132 Å². The smallest absolute Gasteiger partial charge is 0.236 e. The van der Waals surface area contributed by atoms with Gasteiger partial charge < -0.3 is 10.2 Å². The summed E-state index contributed by atoms with van der Waals surface area (Å²) in [6.07, 6.45) is 3.37. The second-order valence-corrected chi connectivity index (χ2v) is 6.54. The SMILES string of the molecule is CCCCC(=O)NCCc1ccc2c(c1)C(C)(C)C(=O)N2C. The molecule has 0 spiro atoms. The fourth-order valence-corrected chi connectivity index (χ4v) is 2.95. The summed E-state index contributed by atoms with van der Waals surface area (Å²) in [5.41, 5.74) is 2.76. The maximum absolute atomic E-state index is 12.3. The third-order valence-corrected chi connectivity index (χ3v) is 4.43. The van der Waals surface area contributed by atoms with Crippen LogP contribution in [-0.2, 0) is 21.4 Å². The Morgan fingerprint density at radius 3 is 2.73 bits per heavy atom. The van der Waals surface area contributed by atoms with E-state index in [9.17, 15) is 9.59 Å². The van der Waals surface area contributed by atoms with Crippen molar-refractivity contribution >= 4 is 17.5 Å². The first kappa shape index (κ1) is 16.5. The highest BCUT2D eigenvalue weighted by Crippen LogP contribution is 2.41. The molecule has 120 valence electrons. The number of unbranched alkanes of at least 4 members (excludes halogenated alkanes) is 1. The first-order valence-electron chi connectivity index (χ1n) is 8.06. The molecule has 1 aliphatic heterocycles. The lowest BCUT2D eigenvalue weighted by Crippen LogP contribution is -2.33. The standard InChI is InChI=1S/C18H26N2O2/c1-5-6-7-16(21)19-11-10-13-8-9-15-14(12-13)18(2,3)17(22)20(15)4/h8-9,12H,5-7,10-11H2,1-4H3,(H,19,21). The average Bonchev–Trinajstić information content (AvgIpc) is 2.66. The minimum Gasteiger partial charge on any atom is -0.356 e. The predicted molar refractivity (Wildman–Crippen MR) is 89.1 cm³/mol. The number of hydrogen-bond donors (Lipinski definition) is 1. The van der Waals surface area contributed by atoms with Gasteiger partial charge in [0.15, 0.2) is 0 Å². The van der Waals surface area contributed by atoms with E-state index in [-0.39, 0.29) is 11.8 Å². The molecule has 0 saturated carbocycles. The van der Waals surface area contributed by atoms with Gasteiger partial charge in [-0.2, -0.15) is 0 Å². The van der Waals surface area contributed by atoms with Crippen LogP contribution in [0.3, 0.4) is 0 Å². The zero-order valence-corrected chi connectivity index (χ0v) is 14.0. The first-order chi connectivity index (χ1) is 10.4. The first-order valence-corrected chi connectivity index (χ1v) is 8.06. The summed E-state index contributed by atoms with van der Waals surface area (Å²) in [6.45, 7) is 6.66. The third kappa shape index (κ3) is 3.16. The molecule has 1 aromatic rings. The number of carbonyl (C=O) groups is 2. The molecule has 2 amide bonds. The molecule has 22 heavy (non-hydrogen) atoms. The molecule has 0 unspecified atom stereocenters. The fraction of sp³-hybridized carbons (Fsp3) is 0.556. The number of rotatable bonds is 6. The molecule has 0 atom stereocenters. The van der Waals surface area contributed by atoms with Crippen LogP contribution in [-0.4, -0.2) is 25.4 Å². The molecule has 4 heteroatoms. The highest BCUT2D eigenvalue weighted by Gasteiger charge is 2.42. The Morgan fingerprint density at radius 2 is 2.05 bits per heavy atom. The van der Waals surface area contributed by atoms with Crippen molar-refractivity contribution in [1.82, 2.24) is 5.32 Å². The van der Waals surface area contributed by atoms with Gasteiger partial charge >= 0.3 is 0 Å². The normalized spacial score (nSPS) is 15.8. The number of benzene rings is 1. The topological polar surface area (TPSA) is 49.4 Å². The van der Waals surface area contributed by atoms with Crippen molar-refractivity contribution in [3.63, 3.8) is 0 Å². The summed E-state index contributed by atoms with van der Waals surface area (Å²) in [4.78, 5) is 25.6. The molecule has 0 fully saturated rings. The monoisotopic (exact) mass is 302 g/mol. The molecule has 4 nitrogen and oxygen atoms in total. The van der Waals surface area contributed by atoms with Gasteiger partial charge in [0, 0.05) is 25.7 Å². The van der Waals surface area contributed by atoms with Crippen molar-refractivity contribution in [3.05, 3.63) is 29.3 Å².